The van der Waals surface area contributed by atoms with Crippen LogP contribution in [-0.2, 0) is 4.79 Å². The first-order valence-corrected chi connectivity index (χ1v) is 7.76. The van der Waals surface area contributed by atoms with Gasteiger partial charge in [0.2, 0.25) is 5.75 Å². The fourth-order valence-corrected chi connectivity index (χ4v) is 2.45. The quantitative estimate of drug-likeness (QED) is 0.825. The molecule has 1 amide bonds. The van der Waals surface area contributed by atoms with Gasteiger partial charge in [-0.25, -0.2) is 4.99 Å². The molecule has 7 nitrogen and oxygen atoms in total. The molecule has 132 valence electrons. The molecule has 0 unspecified atom stereocenters. The average Bonchev–Trinajstić information content (AvgIpc) is 2.91. The maximum absolute atomic E-state index is 12.4. The number of carbonyl (C=O) groups is 1. The standard InChI is InChI=1S/C19H17N3O4/c1-22-16(6-3-12-7-9-20-10-8-12)21-14(19(22)25)11-13-4-5-15(23)18(26-2)17(13)24/h3-11,23-24H,1-2H3/b6-3+,14-11-. The summed E-state index contributed by atoms with van der Waals surface area (Å²) < 4.78 is 4.96. The summed E-state index contributed by atoms with van der Waals surface area (Å²) in [7, 11) is 2.95. The van der Waals surface area contributed by atoms with Crippen molar-refractivity contribution in [2.75, 3.05) is 14.2 Å². The van der Waals surface area contributed by atoms with Crippen LogP contribution in [0.3, 0.4) is 0 Å². The summed E-state index contributed by atoms with van der Waals surface area (Å²) >= 11 is 0. The summed E-state index contributed by atoms with van der Waals surface area (Å²) in [6.45, 7) is 0. The van der Waals surface area contributed by atoms with Crippen LogP contribution >= 0.6 is 0 Å². The van der Waals surface area contributed by atoms with E-state index in [0.717, 1.165) is 5.56 Å². The molecule has 2 N–H and O–H groups in total. The Balaban J connectivity index is 1.93. The number of aliphatic imine (C=N–C) groups is 1. The van der Waals surface area contributed by atoms with Crippen molar-refractivity contribution in [3.8, 4) is 17.2 Å². The first-order valence-electron chi connectivity index (χ1n) is 7.76. The van der Waals surface area contributed by atoms with Gasteiger partial charge in [0.05, 0.1) is 7.11 Å². The molecular formula is C19H17N3O4. The molecule has 1 aliphatic rings. The molecule has 1 aromatic carbocycles. The SMILES string of the molecule is COc1c(O)ccc(/C=C2N=C(/C=C/c3ccncc3)N(C)C\2=O)c1O. The van der Waals surface area contributed by atoms with Gasteiger partial charge in [0.1, 0.15) is 11.5 Å². The second kappa shape index (κ2) is 7.10. The first-order chi connectivity index (χ1) is 12.5. The molecule has 7 heteroatoms. The average molecular weight is 351 g/mol. The maximum atomic E-state index is 12.4. The minimum atomic E-state index is -0.300. The van der Waals surface area contributed by atoms with E-state index in [4.69, 9.17) is 4.74 Å². The number of phenolic OH excluding ortho intramolecular Hbond substituents is 2. The molecule has 0 saturated carbocycles. The Morgan fingerprint density at radius 1 is 1.12 bits per heavy atom. The molecule has 0 saturated heterocycles. The normalized spacial score (nSPS) is 15.8. The van der Waals surface area contributed by atoms with Crippen LogP contribution in [0.25, 0.3) is 12.2 Å². The molecule has 1 aromatic heterocycles. The second-order valence-corrected chi connectivity index (χ2v) is 5.53. The van der Waals surface area contributed by atoms with Crippen molar-refractivity contribution in [1.82, 2.24) is 9.88 Å². The molecule has 0 spiro atoms. The molecule has 0 aliphatic carbocycles. The number of ether oxygens (including phenoxy) is 1. The summed E-state index contributed by atoms with van der Waals surface area (Å²) in [5, 5.41) is 19.8. The number of amides is 1. The topological polar surface area (TPSA) is 95.3 Å². The van der Waals surface area contributed by atoms with Crippen LogP contribution in [0.4, 0.5) is 0 Å². The van der Waals surface area contributed by atoms with E-state index in [1.54, 1.807) is 25.5 Å². The van der Waals surface area contributed by atoms with Crippen molar-refractivity contribution in [2.45, 2.75) is 0 Å². The lowest BCUT2D eigenvalue weighted by Gasteiger charge is -2.09. The summed E-state index contributed by atoms with van der Waals surface area (Å²) in [6, 6.07) is 6.53. The van der Waals surface area contributed by atoms with Crippen LogP contribution in [0, 0.1) is 0 Å². The van der Waals surface area contributed by atoms with Gasteiger partial charge in [-0.15, -0.1) is 0 Å². The lowest BCUT2D eigenvalue weighted by atomic mass is 10.1. The Morgan fingerprint density at radius 3 is 2.54 bits per heavy atom. The highest BCUT2D eigenvalue weighted by Crippen LogP contribution is 2.39. The number of carbonyl (C=O) groups excluding carboxylic acids is 1. The predicted molar refractivity (Wildman–Crippen MR) is 97.8 cm³/mol. The van der Waals surface area contributed by atoms with E-state index in [1.165, 1.54) is 30.2 Å². The van der Waals surface area contributed by atoms with Crippen LogP contribution in [0.1, 0.15) is 11.1 Å². The third-order valence-electron chi connectivity index (χ3n) is 3.87. The van der Waals surface area contributed by atoms with E-state index in [9.17, 15) is 15.0 Å². The van der Waals surface area contributed by atoms with Gasteiger partial charge in [-0.2, -0.15) is 0 Å². The number of rotatable bonds is 4. The molecule has 0 bridgehead atoms. The maximum Gasteiger partial charge on any atom is 0.277 e. The van der Waals surface area contributed by atoms with Gasteiger partial charge in [-0.1, -0.05) is 6.08 Å². The predicted octanol–water partition coefficient (Wildman–Crippen LogP) is 2.43. The minimum Gasteiger partial charge on any atom is -0.504 e. The fraction of sp³-hybridized carbons (Fsp3) is 0.105. The Labute approximate surface area is 150 Å². The zero-order valence-electron chi connectivity index (χ0n) is 14.2. The second-order valence-electron chi connectivity index (χ2n) is 5.53. The highest BCUT2D eigenvalue weighted by Gasteiger charge is 2.26. The molecule has 0 radical (unpaired) electrons. The molecule has 3 rings (SSSR count). The van der Waals surface area contributed by atoms with Gasteiger partial charge in [0.15, 0.2) is 11.5 Å². The molecule has 2 aromatic rings. The number of benzene rings is 1. The summed E-state index contributed by atoms with van der Waals surface area (Å²) in [5.41, 5.74) is 1.42. The fourth-order valence-electron chi connectivity index (χ4n) is 2.45. The molecular weight excluding hydrogens is 334 g/mol. The molecule has 2 heterocycles. The highest BCUT2D eigenvalue weighted by molar-refractivity contribution is 6.18. The number of likely N-dealkylation sites (N-methyl/N-ethyl adjacent to an activating group) is 1. The molecule has 0 atom stereocenters. The van der Waals surface area contributed by atoms with Crippen molar-refractivity contribution < 1.29 is 19.7 Å². The van der Waals surface area contributed by atoms with Gasteiger partial charge in [-0.05, 0) is 42.0 Å². The number of hydrogen-bond acceptors (Lipinski definition) is 6. The van der Waals surface area contributed by atoms with Crippen LogP contribution in [0.5, 0.6) is 17.2 Å². The largest absolute Gasteiger partial charge is 0.504 e. The van der Waals surface area contributed by atoms with Crippen molar-refractivity contribution in [3.63, 3.8) is 0 Å². The van der Waals surface area contributed by atoms with Crippen LogP contribution in [0.15, 0.2) is 53.4 Å². The van der Waals surface area contributed by atoms with Crippen LogP contribution in [0.2, 0.25) is 0 Å². The Morgan fingerprint density at radius 2 is 1.85 bits per heavy atom. The zero-order valence-corrected chi connectivity index (χ0v) is 14.2. The number of amidine groups is 1. The van der Waals surface area contributed by atoms with Gasteiger partial charge in [-0.3, -0.25) is 14.7 Å². The lowest BCUT2D eigenvalue weighted by molar-refractivity contribution is -0.121. The smallest absolute Gasteiger partial charge is 0.277 e. The van der Waals surface area contributed by atoms with E-state index < -0.39 is 0 Å². The lowest BCUT2D eigenvalue weighted by Crippen LogP contribution is -2.26. The van der Waals surface area contributed by atoms with Crippen LogP contribution < -0.4 is 4.74 Å². The van der Waals surface area contributed by atoms with Crippen molar-refractivity contribution >= 4 is 23.9 Å². The number of phenols is 2. The van der Waals surface area contributed by atoms with E-state index >= 15 is 0 Å². The third-order valence-corrected chi connectivity index (χ3v) is 3.87. The monoisotopic (exact) mass is 351 g/mol. The van der Waals surface area contributed by atoms with Crippen molar-refractivity contribution in [1.29, 1.82) is 0 Å². The van der Waals surface area contributed by atoms with Crippen molar-refractivity contribution in [2.24, 2.45) is 4.99 Å². The van der Waals surface area contributed by atoms with Gasteiger partial charge in [0, 0.05) is 25.0 Å². The number of pyridine rings is 1. The Bertz CT molecular complexity index is 933. The molecule has 0 fully saturated rings. The van der Waals surface area contributed by atoms with Crippen LogP contribution in [-0.4, -0.2) is 46.0 Å². The summed E-state index contributed by atoms with van der Waals surface area (Å²) in [5.74, 6) is -0.327. The van der Waals surface area contributed by atoms with Crippen molar-refractivity contribution in [3.05, 3.63) is 59.6 Å². The minimum absolute atomic E-state index is 0.0556. The molecule has 26 heavy (non-hydrogen) atoms. The third kappa shape index (κ3) is 3.27. The number of aromatic hydroxyl groups is 2. The van der Waals surface area contributed by atoms with E-state index in [-0.39, 0.29) is 28.9 Å². The van der Waals surface area contributed by atoms with Gasteiger partial charge in [0.25, 0.3) is 5.91 Å². The Hall–Kier alpha value is -3.61. The summed E-state index contributed by atoms with van der Waals surface area (Å²) in [6.07, 6.45) is 8.36. The highest BCUT2D eigenvalue weighted by atomic mass is 16.5. The number of nitrogens with zero attached hydrogens (tertiary/aromatic N) is 3. The molecule has 1 aliphatic heterocycles. The Kier molecular flexibility index (Phi) is 4.70. The van der Waals surface area contributed by atoms with E-state index in [0.29, 0.717) is 11.4 Å². The van der Waals surface area contributed by atoms with Gasteiger partial charge < -0.3 is 14.9 Å². The summed E-state index contributed by atoms with van der Waals surface area (Å²) in [4.78, 5) is 22.1. The number of methoxy groups -OCH3 is 1. The first kappa shape index (κ1) is 17.2. The number of hydrogen-bond donors (Lipinski definition) is 2. The zero-order chi connectivity index (χ0) is 18.7. The number of aromatic nitrogens is 1. The van der Waals surface area contributed by atoms with E-state index in [2.05, 4.69) is 9.98 Å². The van der Waals surface area contributed by atoms with Gasteiger partial charge >= 0.3 is 0 Å². The van der Waals surface area contributed by atoms with E-state index in [1.807, 2.05) is 18.2 Å².